The summed E-state index contributed by atoms with van der Waals surface area (Å²) in [5.74, 6) is -0.0386. The summed E-state index contributed by atoms with van der Waals surface area (Å²) in [7, 11) is 2.91. The monoisotopic (exact) mass is 335 g/mol. The Morgan fingerprint density at radius 1 is 1.33 bits per heavy atom. The molecule has 1 N–H and O–H groups in total. The van der Waals surface area contributed by atoms with E-state index in [1.54, 1.807) is 6.92 Å². The predicted molar refractivity (Wildman–Crippen MR) is 79.0 cm³/mol. The quantitative estimate of drug-likeness (QED) is 0.284. The van der Waals surface area contributed by atoms with Gasteiger partial charge in [-0.2, -0.15) is 0 Å². The average molecular weight is 336 g/mol. The van der Waals surface area contributed by atoms with E-state index in [1.165, 1.54) is 26.4 Å². The van der Waals surface area contributed by atoms with Crippen molar-refractivity contribution in [2.75, 3.05) is 20.8 Å². The normalized spacial score (nSPS) is 12.7. The number of hydrogen-bond donors (Lipinski definition) is 1. The molecular formula is C13H15Cl2NO5. The minimum absolute atomic E-state index is 0.126. The first-order chi connectivity index (χ1) is 9.99. The molecule has 1 aromatic carbocycles. The van der Waals surface area contributed by atoms with Crippen molar-refractivity contribution in [3.05, 3.63) is 22.7 Å². The Kier molecular flexibility index (Phi) is 6.58. The van der Waals surface area contributed by atoms with Crippen molar-refractivity contribution in [3.63, 3.8) is 0 Å². The van der Waals surface area contributed by atoms with E-state index in [9.17, 15) is 4.79 Å². The highest BCUT2D eigenvalue weighted by molar-refractivity contribution is 6.50. The third-order valence-electron chi connectivity index (χ3n) is 2.61. The minimum atomic E-state index is -1.10. The lowest BCUT2D eigenvalue weighted by Gasteiger charge is -2.15. The summed E-state index contributed by atoms with van der Waals surface area (Å²) in [5, 5.41) is 11.0. The summed E-state index contributed by atoms with van der Waals surface area (Å²) >= 11 is 12.3. The Morgan fingerprint density at radius 3 is 2.38 bits per heavy atom. The van der Waals surface area contributed by atoms with Gasteiger partial charge in [0.05, 0.1) is 20.8 Å². The number of oxime groups is 1. The molecular weight excluding hydrogens is 321 g/mol. The van der Waals surface area contributed by atoms with Gasteiger partial charge in [0.15, 0.2) is 17.2 Å². The summed E-state index contributed by atoms with van der Waals surface area (Å²) in [6, 6.07) is 2.99. The maximum atomic E-state index is 11.7. The molecule has 0 aliphatic carbocycles. The molecule has 0 heterocycles. The van der Waals surface area contributed by atoms with Crippen LogP contribution in [0.1, 0.15) is 17.9 Å². The van der Waals surface area contributed by atoms with Gasteiger partial charge in [0, 0.05) is 11.1 Å². The number of carbonyl (C=O) groups excluding carboxylic acids is 1. The lowest BCUT2D eigenvalue weighted by Crippen LogP contribution is -2.22. The third kappa shape index (κ3) is 3.92. The third-order valence-corrected chi connectivity index (χ3v) is 3.38. The molecule has 0 radical (unpaired) electrons. The molecule has 1 aromatic rings. The van der Waals surface area contributed by atoms with Crippen LogP contribution in [0, 0.1) is 0 Å². The van der Waals surface area contributed by atoms with Gasteiger partial charge < -0.3 is 19.4 Å². The van der Waals surface area contributed by atoms with E-state index >= 15 is 0 Å². The first-order valence-electron chi connectivity index (χ1n) is 5.94. The van der Waals surface area contributed by atoms with Gasteiger partial charge in [-0.1, -0.05) is 16.8 Å². The zero-order chi connectivity index (χ0) is 16.0. The van der Waals surface area contributed by atoms with Crippen molar-refractivity contribution in [3.8, 4) is 11.5 Å². The van der Waals surface area contributed by atoms with Crippen LogP contribution >= 0.6 is 23.2 Å². The molecule has 6 nitrogen and oxygen atoms in total. The number of hydrogen-bond acceptors (Lipinski definition) is 6. The Morgan fingerprint density at radius 2 is 1.90 bits per heavy atom. The number of esters is 1. The Labute approximate surface area is 132 Å². The number of nitrogens with zero attached hydrogens (tertiary/aromatic N) is 1. The molecule has 8 heteroatoms. The van der Waals surface area contributed by atoms with Crippen molar-refractivity contribution in [1.29, 1.82) is 0 Å². The second kappa shape index (κ2) is 7.95. The standard InChI is InChI=1S/C13H15Cl2NO5/c1-4-21-13(17)12(16-18)11(15)7-5-9(19-2)10(20-3)6-8(7)14/h5-6,11,18H,4H2,1-3H3/b16-12-. The lowest BCUT2D eigenvalue weighted by molar-refractivity contribution is -0.135. The number of carbonyl (C=O) groups is 1. The first kappa shape index (κ1) is 17.4. The lowest BCUT2D eigenvalue weighted by atomic mass is 10.1. The van der Waals surface area contributed by atoms with Gasteiger partial charge in [0.1, 0.15) is 5.38 Å². The van der Waals surface area contributed by atoms with E-state index in [0.29, 0.717) is 17.1 Å². The molecule has 116 valence electrons. The Hall–Kier alpha value is -1.66. The largest absolute Gasteiger partial charge is 0.493 e. The van der Waals surface area contributed by atoms with Crippen LogP contribution in [0.3, 0.4) is 0 Å². The zero-order valence-electron chi connectivity index (χ0n) is 11.7. The van der Waals surface area contributed by atoms with Crippen molar-refractivity contribution < 1.29 is 24.2 Å². The fourth-order valence-corrected chi connectivity index (χ4v) is 2.24. The highest BCUT2D eigenvalue weighted by atomic mass is 35.5. The summed E-state index contributed by atoms with van der Waals surface area (Å²) in [5.41, 5.74) is -0.0375. The predicted octanol–water partition coefficient (Wildman–Crippen LogP) is 3.03. The second-order valence-corrected chi connectivity index (χ2v) is 4.64. The van der Waals surface area contributed by atoms with Crippen molar-refractivity contribution in [2.45, 2.75) is 12.3 Å². The Bertz CT molecular complexity index is 548. The Balaban J connectivity index is 3.22. The number of rotatable bonds is 6. The molecule has 0 saturated heterocycles. The second-order valence-electron chi connectivity index (χ2n) is 3.80. The van der Waals surface area contributed by atoms with Crippen molar-refractivity contribution in [1.82, 2.24) is 0 Å². The van der Waals surface area contributed by atoms with Crippen molar-refractivity contribution in [2.24, 2.45) is 5.16 Å². The van der Waals surface area contributed by atoms with Gasteiger partial charge in [-0.15, -0.1) is 11.6 Å². The van der Waals surface area contributed by atoms with Crippen LogP contribution in [-0.2, 0) is 9.53 Å². The average Bonchev–Trinajstić information content (AvgIpc) is 2.47. The molecule has 0 aliphatic heterocycles. The molecule has 1 unspecified atom stereocenters. The summed E-state index contributed by atoms with van der Waals surface area (Å²) in [4.78, 5) is 11.7. The SMILES string of the molecule is CCOC(=O)/C(=N\O)C(Cl)c1cc(OC)c(OC)cc1Cl. The topological polar surface area (TPSA) is 77.4 Å². The van der Waals surface area contributed by atoms with Gasteiger partial charge in [-0.25, -0.2) is 4.79 Å². The van der Waals surface area contributed by atoms with Crippen LogP contribution in [-0.4, -0.2) is 37.7 Å². The van der Waals surface area contributed by atoms with E-state index in [-0.39, 0.29) is 17.3 Å². The molecule has 0 bridgehead atoms. The molecule has 1 atom stereocenters. The molecule has 1 rings (SSSR count). The fourth-order valence-electron chi connectivity index (χ4n) is 1.61. The van der Waals surface area contributed by atoms with Crippen LogP contribution in [0.4, 0.5) is 0 Å². The number of halogens is 2. The van der Waals surface area contributed by atoms with E-state index < -0.39 is 11.3 Å². The molecule has 21 heavy (non-hydrogen) atoms. The molecule has 0 aliphatic rings. The van der Waals surface area contributed by atoms with Gasteiger partial charge in [-0.3, -0.25) is 0 Å². The first-order valence-corrected chi connectivity index (χ1v) is 6.76. The number of ether oxygens (including phenoxy) is 3. The summed E-state index contributed by atoms with van der Waals surface area (Å²) < 4.78 is 15.0. The smallest absolute Gasteiger partial charge is 0.358 e. The molecule has 0 saturated carbocycles. The number of benzene rings is 1. The highest BCUT2D eigenvalue weighted by Gasteiger charge is 2.28. The van der Waals surface area contributed by atoms with Crippen LogP contribution < -0.4 is 9.47 Å². The fraction of sp³-hybridized carbons (Fsp3) is 0.385. The maximum Gasteiger partial charge on any atom is 0.358 e. The van der Waals surface area contributed by atoms with Crippen LogP contribution in [0.15, 0.2) is 17.3 Å². The number of methoxy groups -OCH3 is 2. The molecule has 0 aromatic heterocycles. The number of alkyl halides is 1. The van der Waals surface area contributed by atoms with E-state index in [0.717, 1.165) is 0 Å². The van der Waals surface area contributed by atoms with Crippen LogP contribution in [0.2, 0.25) is 5.02 Å². The van der Waals surface area contributed by atoms with E-state index in [1.807, 2.05) is 0 Å². The molecule has 0 amide bonds. The van der Waals surface area contributed by atoms with Crippen LogP contribution in [0.5, 0.6) is 11.5 Å². The van der Waals surface area contributed by atoms with Gasteiger partial charge in [0.2, 0.25) is 0 Å². The molecule has 0 spiro atoms. The van der Waals surface area contributed by atoms with Gasteiger partial charge >= 0.3 is 5.97 Å². The highest BCUT2D eigenvalue weighted by Crippen LogP contribution is 2.38. The van der Waals surface area contributed by atoms with Crippen LogP contribution in [0.25, 0.3) is 0 Å². The van der Waals surface area contributed by atoms with Gasteiger partial charge in [-0.05, 0) is 18.6 Å². The zero-order valence-corrected chi connectivity index (χ0v) is 13.2. The van der Waals surface area contributed by atoms with Gasteiger partial charge in [0.25, 0.3) is 0 Å². The summed E-state index contributed by atoms with van der Waals surface area (Å²) in [6.45, 7) is 1.75. The summed E-state index contributed by atoms with van der Waals surface area (Å²) in [6.07, 6.45) is 0. The maximum absolute atomic E-state index is 11.7. The van der Waals surface area contributed by atoms with E-state index in [2.05, 4.69) is 5.16 Å². The minimum Gasteiger partial charge on any atom is -0.493 e. The molecule has 0 fully saturated rings. The van der Waals surface area contributed by atoms with E-state index in [4.69, 9.17) is 42.6 Å². The van der Waals surface area contributed by atoms with Crippen molar-refractivity contribution >= 4 is 34.9 Å².